The van der Waals surface area contributed by atoms with Gasteiger partial charge in [-0.15, -0.1) is 0 Å². The summed E-state index contributed by atoms with van der Waals surface area (Å²) in [4.78, 5) is 58.5. The van der Waals surface area contributed by atoms with Gasteiger partial charge in [0.05, 0.1) is 0 Å². The average Bonchev–Trinajstić information content (AvgIpc) is 2.82. The molecular formula is C25H28ClN3O7. The van der Waals surface area contributed by atoms with Gasteiger partial charge in [-0.3, -0.25) is 24.0 Å². The summed E-state index contributed by atoms with van der Waals surface area (Å²) in [6, 6.07) is 12.5. The topological polar surface area (TPSA) is 176 Å². The van der Waals surface area contributed by atoms with Gasteiger partial charge in [-0.1, -0.05) is 48.0 Å². The molecular weight excluding hydrogens is 490 g/mol. The third-order valence-electron chi connectivity index (χ3n) is 5.36. The van der Waals surface area contributed by atoms with E-state index in [0.717, 1.165) is 16.7 Å². The number of rotatable bonds is 14. The average molecular weight is 518 g/mol. The molecule has 0 aliphatic heterocycles. The summed E-state index contributed by atoms with van der Waals surface area (Å²) in [5.41, 5.74) is 8.02. The number of carboxylic acids is 2. The van der Waals surface area contributed by atoms with E-state index < -0.39 is 54.6 Å². The maximum Gasteiger partial charge on any atom is 0.303 e. The van der Waals surface area contributed by atoms with E-state index in [9.17, 15) is 24.0 Å². The number of carbonyl (C=O) groups excluding carboxylic acids is 3. The molecule has 0 heterocycles. The van der Waals surface area contributed by atoms with Crippen molar-refractivity contribution in [2.24, 2.45) is 5.73 Å². The molecule has 192 valence electrons. The molecule has 2 atom stereocenters. The van der Waals surface area contributed by atoms with E-state index in [1.54, 1.807) is 6.07 Å². The number of carboxylic acid groups (broad SMARTS) is 2. The van der Waals surface area contributed by atoms with E-state index >= 15 is 0 Å². The molecule has 0 saturated carbocycles. The van der Waals surface area contributed by atoms with Gasteiger partial charge in [-0.05, 0) is 48.1 Å². The van der Waals surface area contributed by atoms with E-state index in [1.165, 1.54) is 0 Å². The van der Waals surface area contributed by atoms with Crippen LogP contribution in [0.1, 0.15) is 37.7 Å². The van der Waals surface area contributed by atoms with Gasteiger partial charge in [0.25, 0.3) is 0 Å². The van der Waals surface area contributed by atoms with Gasteiger partial charge in [0.15, 0.2) is 0 Å². The lowest BCUT2D eigenvalue weighted by Gasteiger charge is -2.21. The molecule has 2 aromatic carbocycles. The van der Waals surface area contributed by atoms with Crippen molar-refractivity contribution < 1.29 is 34.2 Å². The van der Waals surface area contributed by atoms with Crippen LogP contribution in [0.15, 0.2) is 48.5 Å². The largest absolute Gasteiger partial charge is 0.481 e. The van der Waals surface area contributed by atoms with Crippen LogP contribution in [0.3, 0.4) is 0 Å². The van der Waals surface area contributed by atoms with Crippen LogP contribution >= 0.6 is 11.6 Å². The van der Waals surface area contributed by atoms with Crippen molar-refractivity contribution >= 4 is 41.3 Å². The van der Waals surface area contributed by atoms with E-state index in [1.807, 2.05) is 42.5 Å². The Bertz CT molecular complexity index is 1110. The number of hydrogen-bond donors (Lipinski definition) is 5. The van der Waals surface area contributed by atoms with Crippen LogP contribution in [0, 0.1) is 0 Å². The zero-order chi connectivity index (χ0) is 26.7. The van der Waals surface area contributed by atoms with Crippen LogP contribution in [0.5, 0.6) is 0 Å². The summed E-state index contributed by atoms with van der Waals surface area (Å²) in [5.74, 6) is -4.58. The minimum atomic E-state index is -1.27. The first kappa shape index (κ1) is 28.3. The third kappa shape index (κ3) is 9.75. The van der Waals surface area contributed by atoms with Crippen molar-refractivity contribution in [1.29, 1.82) is 0 Å². The van der Waals surface area contributed by atoms with Crippen molar-refractivity contribution in [2.45, 2.75) is 50.6 Å². The van der Waals surface area contributed by atoms with Crippen molar-refractivity contribution in [3.05, 3.63) is 59.1 Å². The number of amides is 3. The van der Waals surface area contributed by atoms with Gasteiger partial charge >= 0.3 is 11.9 Å². The Morgan fingerprint density at radius 1 is 0.806 bits per heavy atom. The monoisotopic (exact) mass is 517 g/mol. The minimum absolute atomic E-state index is 0.0334. The molecule has 10 nitrogen and oxygen atoms in total. The molecule has 0 fully saturated rings. The maximum absolute atomic E-state index is 12.6. The number of nitrogens with one attached hydrogen (secondary N) is 2. The van der Waals surface area contributed by atoms with Crippen LogP contribution in [0.4, 0.5) is 0 Å². The van der Waals surface area contributed by atoms with Crippen LogP contribution in [0.2, 0.25) is 5.02 Å². The third-order valence-corrected chi connectivity index (χ3v) is 5.59. The van der Waals surface area contributed by atoms with Crippen LogP contribution in [0.25, 0.3) is 11.1 Å². The van der Waals surface area contributed by atoms with Crippen molar-refractivity contribution in [3.8, 4) is 11.1 Å². The standard InChI is InChI=1S/C25H28ClN3O7/c26-18-3-1-2-17(14-18)16-7-4-15(5-8-16)6-11-21(30)28-20(10-13-23(33)34)25(36)29-19(24(27)35)9-12-22(31)32/h1-5,7-8,14,19-20H,6,9-13H2,(H2,27,35)(H,28,30)(H,29,36)(H,31,32)(H,33,34)/t19?,20-/m0/s1. The summed E-state index contributed by atoms with van der Waals surface area (Å²) in [5, 5.41) is 23.2. The van der Waals surface area contributed by atoms with Crippen LogP contribution in [-0.2, 0) is 30.4 Å². The fourth-order valence-electron chi connectivity index (χ4n) is 3.42. The van der Waals surface area contributed by atoms with E-state index in [0.29, 0.717) is 11.4 Å². The number of aliphatic carboxylic acids is 2. The Morgan fingerprint density at radius 2 is 1.42 bits per heavy atom. The molecule has 3 amide bonds. The van der Waals surface area contributed by atoms with Gasteiger partial charge < -0.3 is 26.6 Å². The highest BCUT2D eigenvalue weighted by molar-refractivity contribution is 6.30. The lowest BCUT2D eigenvalue weighted by molar-refractivity contribution is -0.139. The number of aryl methyl sites for hydroxylation is 1. The smallest absolute Gasteiger partial charge is 0.303 e. The van der Waals surface area contributed by atoms with Crippen molar-refractivity contribution in [1.82, 2.24) is 10.6 Å². The number of primary amides is 1. The van der Waals surface area contributed by atoms with Gasteiger partial charge in [-0.25, -0.2) is 0 Å². The number of nitrogens with two attached hydrogens (primary N) is 1. The second kappa shape index (κ2) is 13.8. The second-order valence-corrected chi connectivity index (χ2v) is 8.59. The highest BCUT2D eigenvalue weighted by Gasteiger charge is 2.26. The van der Waals surface area contributed by atoms with Crippen molar-refractivity contribution in [2.75, 3.05) is 0 Å². The predicted molar refractivity (Wildman–Crippen MR) is 132 cm³/mol. The molecule has 2 rings (SSSR count). The van der Waals surface area contributed by atoms with Gasteiger partial charge in [0, 0.05) is 24.3 Å². The maximum atomic E-state index is 12.6. The summed E-state index contributed by atoms with van der Waals surface area (Å²) >= 11 is 6.03. The fraction of sp³-hybridized carbons (Fsp3) is 0.320. The summed E-state index contributed by atoms with van der Waals surface area (Å²) in [6.07, 6.45) is -0.855. The molecule has 0 radical (unpaired) electrons. The Hall–Kier alpha value is -3.92. The first-order chi connectivity index (χ1) is 17.0. The molecule has 0 aliphatic rings. The molecule has 2 aromatic rings. The zero-order valence-corrected chi connectivity index (χ0v) is 20.2. The summed E-state index contributed by atoms with van der Waals surface area (Å²) < 4.78 is 0. The first-order valence-corrected chi connectivity index (χ1v) is 11.6. The van der Waals surface area contributed by atoms with Crippen LogP contribution < -0.4 is 16.4 Å². The van der Waals surface area contributed by atoms with Crippen LogP contribution in [-0.4, -0.2) is 52.0 Å². The van der Waals surface area contributed by atoms with Gasteiger partial charge in [-0.2, -0.15) is 0 Å². The molecule has 0 saturated heterocycles. The van der Waals surface area contributed by atoms with Gasteiger partial charge in [0.1, 0.15) is 12.1 Å². The van der Waals surface area contributed by atoms with Crippen molar-refractivity contribution in [3.63, 3.8) is 0 Å². The van der Waals surface area contributed by atoms with E-state index in [-0.39, 0.29) is 19.3 Å². The summed E-state index contributed by atoms with van der Waals surface area (Å²) in [6.45, 7) is 0. The Kier molecular flexibility index (Phi) is 10.9. The van der Waals surface area contributed by atoms with Gasteiger partial charge in [0.2, 0.25) is 17.7 Å². The SMILES string of the molecule is NC(=O)C(CCC(=O)O)NC(=O)[C@H](CCC(=O)O)NC(=O)CCc1ccc(-c2cccc(Cl)c2)cc1. The molecule has 1 unspecified atom stereocenters. The summed E-state index contributed by atoms with van der Waals surface area (Å²) in [7, 11) is 0. The molecule has 0 aromatic heterocycles. The Balaban J connectivity index is 1.98. The molecule has 0 aliphatic carbocycles. The highest BCUT2D eigenvalue weighted by Crippen LogP contribution is 2.23. The molecule has 0 bridgehead atoms. The highest BCUT2D eigenvalue weighted by atomic mass is 35.5. The fourth-order valence-corrected chi connectivity index (χ4v) is 3.61. The van der Waals surface area contributed by atoms with E-state index in [4.69, 9.17) is 27.5 Å². The first-order valence-electron chi connectivity index (χ1n) is 11.2. The normalized spacial score (nSPS) is 12.2. The molecule has 6 N–H and O–H groups in total. The number of benzene rings is 2. The molecule has 11 heteroatoms. The molecule has 36 heavy (non-hydrogen) atoms. The lowest BCUT2D eigenvalue weighted by atomic mass is 10.0. The Morgan fingerprint density at radius 3 is 1.97 bits per heavy atom. The zero-order valence-electron chi connectivity index (χ0n) is 19.4. The Labute approximate surface area is 212 Å². The molecule has 0 spiro atoms. The van der Waals surface area contributed by atoms with E-state index in [2.05, 4.69) is 10.6 Å². The number of halogens is 1. The quantitative estimate of drug-likeness (QED) is 0.255. The minimum Gasteiger partial charge on any atom is -0.481 e. The predicted octanol–water partition coefficient (Wildman–Crippen LogP) is 2.12. The number of carbonyl (C=O) groups is 5. The number of hydrogen-bond acceptors (Lipinski definition) is 5. The second-order valence-electron chi connectivity index (χ2n) is 8.16. The lowest BCUT2D eigenvalue weighted by Crippen LogP contribution is -2.53.